The highest BCUT2D eigenvalue weighted by atomic mass is 16.6. The van der Waals surface area contributed by atoms with Crippen LogP contribution >= 0.6 is 0 Å². The van der Waals surface area contributed by atoms with E-state index in [0.717, 1.165) is 18.5 Å². The van der Waals surface area contributed by atoms with E-state index in [2.05, 4.69) is 12.2 Å². The molecule has 1 aromatic carbocycles. The molecule has 1 aliphatic rings. The summed E-state index contributed by atoms with van der Waals surface area (Å²) in [5.74, 6) is 1.20. The van der Waals surface area contributed by atoms with Crippen LogP contribution in [0.5, 0.6) is 5.75 Å². The van der Waals surface area contributed by atoms with Gasteiger partial charge in [-0.3, -0.25) is 10.1 Å². The van der Waals surface area contributed by atoms with Crippen molar-refractivity contribution in [1.82, 2.24) is 0 Å². The molecule has 0 amide bonds. The fraction of sp³-hybridized carbons (Fsp3) is 0.625. The number of rotatable bonds is 6. The van der Waals surface area contributed by atoms with Gasteiger partial charge in [0.1, 0.15) is 5.75 Å². The second-order valence-corrected chi connectivity index (χ2v) is 5.61. The first-order chi connectivity index (χ1) is 10.1. The highest BCUT2D eigenvalue weighted by Crippen LogP contribution is 2.32. The van der Waals surface area contributed by atoms with Crippen LogP contribution in [0, 0.1) is 16.0 Å². The van der Waals surface area contributed by atoms with E-state index in [-0.39, 0.29) is 10.6 Å². The van der Waals surface area contributed by atoms with Gasteiger partial charge >= 0.3 is 0 Å². The van der Waals surface area contributed by atoms with E-state index in [1.54, 1.807) is 6.07 Å². The summed E-state index contributed by atoms with van der Waals surface area (Å²) in [5, 5.41) is 14.5. The lowest BCUT2D eigenvalue weighted by molar-refractivity contribution is -0.384. The fourth-order valence-corrected chi connectivity index (χ4v) is 3.12. The Morgan fingerprint density at radius 1 is 1.29 bits per heavy atom. The number of nitrogens with one attached hydrogen (secondary N) is 1. The molecule has 1 aromatic rings. The van der Waals surface area contributed by atoms with Crippen molar-refractivity contribution in [3.05, 3.63) is 28.3 Å². The molecular weight excluding hydrogens is 268 g/mol. The summed E-state index contributed by atoms with van der Waals surface area (Å²) < 4.78 is 5.44. The number of ether oxygens (including phenoxy) is 1. The molecule has 1 fully saturated rings. The Bertz CT molecular complexity index is 490. The standard InChI is InChI=1S/C16H24N2O3/c1-3-12-7-5-6-8-16(12)17-13-9-14(18(19)20)11-15(10-13)21-4-2/h9-12,16-17H,3-8H2,1-2H3. The SMILES string of the molecule is CCOc1cc(NC2CCCCC2CC)cc([N+](=O)[O-])c1. The van der Waals surface area contributed by atoms with Gasteiger partial charge in [0.05, 0.1) is 17.6 Å². The molecule has 5 heteroatoms. The van der Waals surface area contributed by atoms with Crippen LogP contribution in [-0.2, 0) is 0 Å². The number of benzene rings is 1. The summed E-state index contributed by atoms with van der Waals surface area (Å²) in [7, 11) is 0. The largest absolute Gasteiger partial charge is 0.494 e. The van der Waals surface area contributed by atoms with Crippen molar-refractivity contribution in [1.29, 1.82) is 0 Å². The maximum Gasteiger partial charge on any atom is 0.275 e. The van der Waals surface area contributed by atoms with Crippen molar-refractivity contribution in [2.75, 3.05) is 11.9 Å². The summed E-state index contributed by atoms with van der Waals surface area (Å²) in [6.07, 6.45) is 6.02. The van der Waals surface area contributed by atoms with Gasteiger partial charge in [-0.2, -0.15) is 0 Å². The predicted molar refractivity (Wildman–Crippen MR) is 83.9 cm³/mol. The maximum absolute atomic E-state index is 11.0. The number of nitro groups is 1. The minimum atomic E-state index is -0.369. The highest BCUT2D eigenvalue weighted by Gasteiger charge is 2.24. The van der Waals surface area contributed by atoms with Crippen LogP contribution in [0.2, 0.25) is 0 Å². The summed E-state index contributed by atoms with van der Waals surface area (Å²) in [5.41, 5.74) is 0.866. The summed E-state index contributed by atoms with van der Waals surface area (Å²) in [6.45, 7) is 4.59. The van der Waals surface area contributed by atoms with Crippen LogP contribution < -0.4 is 10.1 Å². The fourth-order valence-electron chi connectivity index (χ4n) is 3.12. The van der Waals surface area contributed by atoms with Gasteiger partial charge in [0, 0.05) is 23.9 Å². The molecule has 2 rings (SSSR count). The second-order valence-electron chi connectivity index (χ2n) is 5.61. The molecule has 0 saturated heterocycles. The van der Waals surface area contributed by atoms with Gasteiger partial charge in [-0.05, 0) is 25.7 Å². The molecule has 0 heterocycles. The summed E-state index contributed by atoms with van der Waals surface area (Å²) in [4.78, 5) is 10.7. The van der Waals surface area contributed by atoms with Crippen LogP contribution in [-0.4, -0.2) is 17.6 Å². The van der Waals surface area contributed by atoms with Crippen molar-refractivity contribution in [3.8, 4) is 5.75 Å². The zero-order valence-electron chi connectivity index (χ0n) is 12.8. The van der Waals surface area contributed by atoms with E-state index in [9.17, 15) is 10.1 Å². The van der Waals surface area contributed by atoms with Gasteiger partial charge in [0.2, 0.25) is 0 Å². The quantitative estimate of drug-likeness (QED) is 0.624. The molecule has 1 N–H and O–H groups in total. The van der Waals surface area contributed by atoms with Gasteiger partial charge in [-0.15, -0.1) is 0 Å². The Morgan fingerprint density at radius 3 is 2.71 bits per heavy atom. The molecule has 0 radical (unpaired) electrons. The Balaban J connectivity index is 2.19. The average Bonchev–Trinajstić information content (AvgIpc) is 2.48. The zero-order valence-corrected chi connectivity index (χ0v) is 12.8. The molecular formula is C16H24N2O3. The van der Waals surface area contributed by atoms with Crippen molar-refractivity contribution >= 4 is 11.4 Å². The number of anilines is 1. The third-order valence-corrected chi connectivity index (χ3v) is 4.20. The van der Waals surface area contributed by atoms with Gasteiger partial charge in [0.15, 0.2) is 0 Å². The number of nitrogens with zero attached hydrogens (tertiary/aromatic N) is 1. The number of hydrogen-bond donors (Lipinski definition) is 1. The molecule has 21 heavy (non-hydrogen) atoms. The Labute approximate surface area is 125 Å². The molecule has 2 unspecified atom stereocenters. The Kier molecular flexibility index (Phi) is 5.42. The molecule has 0 bridgehead atoms. The first-order valence-electron chi connectivity index (χ1n) is 7.82. The Morgan fingerprint density at radius 2 is 2.05 bits per heavy atom. The number of nitro benzene ring substituents is 1. The first-order valence-corrected chi connectivity index (χ1v) is 7.82. The third-order valence-electron chi connectivity index (χ3n) is 4.20. The molecule has 0 aromatic heterocycles. The van der Waals surface area contributed by atoms with Crippen molar-refractivity contribution in [3.63, 3.8) is 0 Å². The third kappa shape index (κ3) is 4.09. The molecule has 5 nitrogen and oxygen atoms in total. The number of non-ortho nitro benzene ring substituents is 1. The normalized spacial score (nSPS) is 21.8. The van der Waals surface area contributed by atoms with E-state index in [4.69, 9.17) is 4.74 Å². The van der Waals surface area contributed by atoms with E-state index in [1.165, 1.54) is 25.3 Å². The van der Waals surface area contributed by atoms with Crippen molar-refractivity contribution in [2.45, 2.75) is 52.0 Å². The Hall–Kier alpha value is -1.78. The van der Waals surface area contributed by atoms with Crippen LogP contribution in [0.4, 0.5) is 11.4 Å². The number of hydrogen-bond acceptors (Lipinski definition) is 4. The van der Waals surface area contributed by atoms with Gasteiger partial charge in [-0.25, -0.2) is 0 Å². The zero-order chi connectivity index (χ0) is 15.2. The molecule has 2 atom stereocenters. The van der Waals surface area contributed by atoms with E-state index >= 15 is 0 Å². The smallest absolute Gasteiger partial charge is 0.275 e. The van der Waals surface area contributed by atoms with Gasteiger partial charge in [0.25, 0.3) is 5.69 Å². The minimum absolute atomic E-state index is 0.0762. The van der Waals surface area contributed by atoms with Crippen LogP contribution in [0.25, 0.3) is 0 Å². The van der Waals surface area contributed by atoms with Crippen molar-refractivity contribution in [2.24, 2.45) is 5.92 Å². The summed E-state index contributed by atoms with van der Waals surface area (Å²) >= 11 is 0. The predicted octanol–water partition coefficient (Wildman–Crippen LogP) is 4.37. The van der Waals surface area contributed by atoms with Gasteiger partial charge in [-0.1, -0.05) is 26.2 Å². The topological polar surface area (TPSA) is 64.4 Å². The molecule has 116 valence electrons. The lowest BCUT2D eigenvalue weighted by Gasteiger charge is -2.32. The van der Waals surface area contributed by atoms with E-state index in [1.807, 2.05) is 13.0 Å². The monoisotopic (exact) mass is 292 g/mol. The first kappa shape index (κ1) is 15.6. The van der Waals surface area contributed by atoms with Crippen LogP contribution in [0.1, 0.15) is 46.0 Å². The summed E-state index contributed by atoms with van der Waals surface area (Å²) in [6, 6.07) is 5.34. The second kappa shape index (κ2) is 7.29. The molecule has 0 spiro atoms. The maximum atomic E-state index is 11.0. The lowest BCUT2D eigenvalue weighted by Crippen LogP contribution is -2.31. The van der Waals surface area contributed by atoms with Crippen LogP contribution in [0.15, 0.2) is 18.2 Å². The molecule has 0 aliphatic heterocycles. The highest BCUT2D eigenvalue weighted by molar-refractivity contribution is 5.57. The van der Waals surface area contributed by atoms with E-state index < -0.39 is 0 Å². The van der Waals surface area contributed by atoms with E-state index in [0.29, 0.717) is 24.3 Å². The van der Waals surface area contributed by atoms with Gasteiger partial charge < -0.3 is 10.1 Å². The lowest BCUT2D eigenvalue weighted by atomic mass is 9.83. The average molecular weight is 292 g/mol. The minimum Gasteiger partial charge on any atom is -0.494 e. The molecule has 1 aliphatic carbocycles. The van der Waals surface area contributed by atoms with Crippen LogP contribution in [0.3, 0.4) is 0 Å². The van der Waals surface area contributed by atoms with Crippen molar-refractivity contribution < 1.29 is 9.66 Å². The molecule has 1 saturated carbocycles.